The molecule has 144 valence electrons. The molecule has 1 aromatic carbocycles. The fourth-order valence-corrected chi connectivity index (χ4v) is 3.81. The topological polar surface area (TPSA) is 73.9 Å². The molecular formula is C22H25N5O. The molecule has 0 unspecified atom stereocenters. The van der Waals surface area contributed by atoms with Gasteiger partial charge < -0.3 is 10.2 Å². The summed E-state index contributed by atoms with van der Waals surface area (Å²) in [6.45, 7) is 6.03. The van der Waals surface area contributed by atoms with Crippen LogP contribution in [0.3, 0.4) is 0 Å². The number of pyridine rings is 1. The van der Waals surface area contributed by atoms with E-state index in [1.54, 1.807) is 6.92 Å². The smallest absolute Gasteiger partial charge is 0.219 e. The minimum absolute atomic E-state index is 0.134. The van der Waals surface area contributed by atoms with E-state index in [0.29, 0.717) is 0 Å². The van der Waals surface area contributed by atoms with Gasteiger partial charge in [-0.1, -0.05) is 24.3 Å². The summed E-state index contributed by atoms with van der Waals surface area (Å²) in [4.78, 5) is 18.0. The summed E-state index contributed by atoms with van der Waals surface area (Å²) in [5.41, 5.74) is 5.78. The average Bonchev–Trinajstić information content (AvgIpc) is 3.37. The van der Waals surface area contributed by atoms with Crippen LogP contribution in [0.25, 0.3) is 11.1 Å². The number of hydrogen-bond donors (Lipinski definition) is 2. The number of nitrogens with zero attached hydrogens (tertiary/aromatic N) is 3. The number of aryl methyl sites for hydroxylation is 1. The standard InChI is InChI=1S/C22H25N5O/c1-15-5-3-4-6-18(15)12-24-21-11-17(7-9-23-21)20-13-25-26-22(20)19-8-10-27(14-19)16(2)28/h3-7,9,11,13,19H,8,10,12,14H2,1-2H3,(H,23,24)(H,25,26)/t19-/m1/s1. The molecule has 2 N–H and O–H groups in total. The number of nitrogens with one attached hydrogen (secondary N) is 2. The second-order valence-electron chi connectivity index (χ2n) is 7.36. The van der Waals surface area contributed by atoms with Gasteiger partial charge in [-0.15, -0.1) is 0 Å². The Morgan fingerprint density at radius 2 is 2.18 bits per heavy atom. The second-order valence-corrected chi connectivity index (χ2v) is 7.36. The van der Waals surface area contributed by atoms with Crippen LogP contribution in [0.2, 0.25) is 0 Å². The summed E-state index contributed by atoms with van der Waals surface area (Å²) >= 11 is 0. The van der Waals surface area contributed by atoms with Crippen molar-refractivity contribution in [2.75, 3.05) is 18.4 Å². The van der Waals surface area contributed by atoms with Gasteiger partial charge in [-0.2, -0.15) is 5.10 Å². The summed E-state index contributed by atoms with van der Waals surface area (Å²) in [5, 5.41) is 10.9. The van der Waals surface area contributed by atoms with Gasteiger partial charge in [0.05, 0.1) is 6.20 Å². The monoisotopic (exact) mass is 375 g/mol. The van der Waals surface area contributed by atoms with Crippen LogP contribution >= 0.6 is 0 Å². The van der Waals surface area contributed by atoms with Crippen molar-refractivity contribution in [1.29, 1.82) is 0 Å². The first-order valence-electron chi connectivity index (χ1n) is 9.65. The Balaban J connectivity index is 1.52. The Morgan fingerprint density at radius 1 is 1.32 bits per heavy atom. The Hall–Kier alpha value is -3.15. The van der Waals surface area contributed by atoms with E-state index >= 15 is 0 Å². The van der Waals surface area contributed by atoms with Gasteiger partial charge in [-0.3, -0.25) is 9.89 Å². The highest BCUT2D eigenvalue weighted by Gasteiger charge is 2.28. The fraction of sp³-hybridized carbons (Fsp3) is 0.318. The van der Waals surface area contributed by atoms with E-state index in [4.69, 9.17) is 0 Å². The number of hydrogen-bond acceptors (Lipinski definition) is 4. The van der Waals surface area contributed by atoms with E-state index in [1.807, 2.05) is 29.4 Å². The summed E-state index contributed by atoms with van der Waals surface area (Å²) in [6.07, 6.45) is 4.65. The molecule has 6 nitrogen and oxygen atoms in total. The number of benzene rings is 1. The third-order valence-corrected chi connectivity index (χ3v) is 5.50. The zero-order chi connectivity index (χ0) is 19.5. The first-order valence-corrected chi connectivity index (χ1v) is 9.65. The fourth-order valence-electron chi connectivity index (χ4n) is 3.81. The van der Waals surface area contributed by atoms with Crippen molar-refractivity contribution in [3.8, 4) is 11.1 Å². The zero-order valence-electron chi connectivity index (χ0n) is 16.3. The quantitative estimate of drug-likeness (QED) is 0.713. The number of aromatic nitrogens is 3. The van der Waals surface area contributed by atoms with Gasteiger partial charge in [0, 0.05) is 49.9 Å². The van der Waals surface area contributed by atoms with Crippen LogP contribution in [-0.2, 0) is 11.3 Å². The molecule has 4 rings (SSSR count). The van der Waals surface area contributed by atoms with Gasteiger partial charge >= 0.3 is 0 Å². The summed E-state index contributed by atoms with van der Waals surface area (Å²) in [5.74, 6) is 1.26. The number of rotatable bonds is 5. The number of likely N-dealkylation sites (tertiary alicyclic amines) is 1. The van der Waals surface area contributed by atoms with Crippen molar-refractivity contribution < 1.29 is 4.79 Å². The third-order valence-electron chi connectivity index (χ3n) is 5.50. The van der Waals surface area contributed by atoms with E-state index in [9.17, 15) is 4.79 Å². The first-order chi connectivity index (χ1) is 13.6. The van der Waals surface area contributed by atoms with Crippen molar-refractivity contribution >= 4 is 11.7 Å². The first kappa shape index (κ1) is 18.2. The molecule has 0 spiro atoms. The normalized spacial score (nSPS) is 16.4. The Morgan fingerprint density at radius 3 is 2.96 bits per heavy atom. The molecule has 1 aliphatic rings. The predicted octanol–water partition coefficient (Wildman–Crippen LogP) is 3.73. The van der Waals surface area contributed by atoms with Crippen LogP contribution < -0.4 is 5.32 Å². The zero-order valence-corrected chi connectivity index (χ0v) is 16.3. The number of carbonyl (C=O) groups excluding carboxylic acids is 1. The van der Waals surface area contributed by atoms with E-state index in [1.165, 1.54) is 11.1 Å². The van der Waals surface area contributed by atoms with Crippen molar-refractivity contribution in [1.82, 2.24) is 20.1 Å². The second kappa shape index (κ2) is 7.84. The highest BCUT2D eigenvalue weighted by atomic mass is 16.2. The van der Waals surface area contributed by atoms with Gasteiger partial charge in [0.2, 0.25) is 5.91 Å². The third kappa shape index (κ3) is 3.76. The number of anilines is 1. The van der Waals surface area contributed by atoms with E-state index in [-0.39, 0.29) is 11.8 Å². The molecule has 1 fully saturated rings. The van der Waals surface area contributed by atoms with Crippen LogP contribution in [0.1, 0.15) is 36.1 Å². The molecule has 2 aromatic heterocycles. The van der Waals surface area contributed by atoms with Gasteiger partial charge in [-0.05, 0) is 42.2 Å². The maximum Gasteiger partial charge on any atom is 0.219 e. The van der Waals surface area contributed by atoms with Crippen molar-refractivity contribution in [3.63, 3.8) is 0 Å². The van der Waals surface area contributed by atoms with E-state index < -0.39 is 0 Å². The maximum absolute atomic E-state index is 11.7. The Kier molecular flexibility index (Phi) is 5.10. The lowest BCUT2D eigenvalue weighted by Gasteiger charge is -2.14. The van der Waals surface area contributed by atoms with Crippen molar-refractivity contribution in [2.45, 2.75) is 32.7 Å². The minimum Gasteiger partial charge on any atom is -0.366 e. The molecule has 3 heterocycles. The highest BCUT2D eigenvalue weighted by molar-refractivity contribution is 5.74. The van der Waals surface area contributed by atoms with Crippen LogP contribution in [0.15, 0.2) is 48.8 Å². The molecule has 0 bridgehead atoms. The van der Waals surface area contributed by atoms with Crippen LogP contribution in [0.4, 0.5) is 5.82 Å². The molecule has 28 heavy (non-hydrogen) atoms. The Labute approximate surface area is 165 Å². The molecule has 3 aromatic rings. The molecule has 0 radical (unpaired) electrons. The van der Waals surface area contributed by atoms with Crippen molar-refractivity contribution in [2.24, 2.45) is 0 Å². The van der Waals surface area contributed by atoms with Gasteiger partial charge in [0.15, 0.2) is 0 Å². The lowest BCUT2D eigenvalue weighted by Crippen LogP contribution is -2.25. The number of aromatic amines is 1. The molecule has 0 aliphatic carbocycles. The lowest BCUT2D eigenvalue weighted by molar-refractivity contribution is -0.127. The SMILES string of the molecule is CC(=O)N1CC[C@@H](c2[nH]ncc2-c2ccnc(NCc3ccccc3C)c2)C1. The van der Waals surface area contributed by atoms with E-state index in [0.717, 1.165) is 48.7 Å². The highest BCUT2D eigenvalue weighted by Crippen LogP contribution is 2.33. The molecule has 1 amide bonds. The number of H-pyrrole nitrogens is 1. The number of carbonyl (C=O) groups is 1. The molecule has 1 aliphatic heterocycles. The summed E-state index contributed by atoms with van der Waals surface area (Å²) < 4.78 is 0. The van der Waals surface area contributed by atoms with Crippen LogP contribution in [-0.4, -0.2) is 39.1 Å². The van der Waals surface area contributed by atoms with Gasteiger partial charge in [-0.25, -0.2) is 4.98 Å². The largest absolute Gasteiger partial charge is 0.366 e. The Bertz CT molecular complexity index is 980. The van der Waals surface area contributed by atoms with Crippen LogP contribution in [0, 0.1) is 6.92 Å². The summed E-state index contributed by atoms with van der Waals surface area (Å²) in [7, 11) is 0. The average molecular weight is 375 g/mol. The molecule has 6 heteroatoms. The molecular weight excluding hydrogens is 350 g/mol. The minimum atomic E-state index is 0.134. The van der Waals surface area contributed by atoms with E-state index in [2.05, 4.69) is 51.7 Å². The van der Waals surface area contributed by atoms with Crippen LogP contribution in [0.5, 0.6) is 0 Å². The predicted molar refractivity (Wildman–Crippen MR) is 110 cm³/mol. The maximum atomic E-state index is 11.7. The molecule has 1 atom stereocenters. The van der Waals surface area contributed by atoms with Gasteiger partial charge in [0.25, 0.3) is 0 Å². The lowest BCUT2D eigenvalue weighted by atomic mass is 9.97. The summed E-state index contributed by atoms with van der Waals surface area (Å²) in [6, 6.07) is 12.4. The molecule has 0 saturated carbocycles. The number of amides is 1. The molecule has 1 saturated heterocycles. The van der Waals surface area contributed by atoms with Gasteiger partial charge in [0.1, 0.15) is 5.82 Å². The van der Waals surface area contributed by atoms with Crippen molar-refractivity contribution in [3.05, 3.63) is 65.6 Å².